The number of carbonyl (C=O) groups is 2. The molecule has 2 rings (SSSR count). The zero-order chi connectivity index (χ0) is 25.0. The number of thiol groups is 2. The van der Waals surface area contributed by atoms with E-state index in [9.17, 15) is 19.8 Å². The van der Waals surface area contributed by atoms with Gasteiger partial charge in [-0.3, -0.25) is 0 Å². The minimum atomic E-state index is -1.06. The van der Waals surface area contributed by atoms with Gasteiger partial charge in [0.2, 0.25) is 0 Å². The second-order valence-electron chi connectivity index (χ2n) is 8.37. The van der Waals surface area contributed by atoms with Gasteiger partial charge in [-0.1, -0.05) is 68.9 Å². The Morgan fingerprint density at radius 2 is 1.14 bits per heavy atom. The first kappa shape index (κ1) is 36.7. The van der Waals surface area contributed by atoms with E-state index in [1.165, 1.54) is 62.9 Å². The minimum absolute atomic E-state index is 0. The van der Waals surface area contributed by atoms with E-state index in [2.05, 4.69) is 35.9 Å². The smallest absolute Gasteiger partial charge is 0.548 e. The molecule has 2 unspecified atom stereocenters. The number of rotatable bonds is 18. The Balaban J connectivity index is 0.000000642. The molecule has 6 nitrogen and oxygen atoms in total. The van der Waals surface area contributed by atoms with E-state index < -0.39 is 24.0 Å². The maximum atomic E-state index is 10.6. The summed E-state index contributed by atoms with van der Waals surface area (Å²) in [4.78, 5) is 21.2. The Morgan fingerprint density at radius 1 is 0.743 bits per heavy atom. The summed E-state index contributed by atoms with van der Waals surface area (Å²) in [5.41, 5.74) is 0. The summed E-state index contributed by atoms with van der Waals surface area (Å²) in [5, 5.41) is 28.8. The van der Waals surface area contributed by atoms with Crippen molar-refractivity contribution in [2.24, 2.45) is 0 Å². The number of aliphatic carboxylic acids is 2. The number of carbonyl (C=O) groups excluding carboxylic acids is 2. The molecule has 0 bridgehead atoms. The first-order valence-electron chi connectivity index (χ1n) is 12.1. The standard InChI is InChI=1S/2C11H21NO2S3.Mg/c2*13-11(14)10(8-15)12-6-3-1-2-4-9-5-7-16-17-9;/h2*9-10,12,15H,1-8H2,(H,13,14);/q;;+2/p-2/t2*9?,10-;/m00./s1. The van der Waals surface area contributed by atoms with E-state index in [1.807, 2.05) is 43.2 Å². The van der Waals surface area contributed by atoms with Gasteiger partial charge in [-0.2, -0.15) is 25.3 Å². The molecule has 0 saturated carbocycles. The first-order valence-corrected chi connectivity index (χ1v) is 18.2. The SMILES string of the molecule is O=C([O-])[C@H](CS)NCCCCCC1CCSS1.O=C([O-])[C@H](CS)NCCCCCC1CCSS1.[Mg+2]. The van der Waals surface area contributed by atoms with Crippen LogP contribution in [-0.2, 0) is 9.59 Å². The summed E-state index contributed by atoms with van der Waals surface area (Å²) >= 11 is 7.94. The summed E-state index contributed by atoms with van der Waals surface area (Å²) in [6, 6.07) is -1.22. The normalized spacial score (nSPS) is 21.0. The van der Waals surface area contributed by atoms with Crippen LogP contribution >= 0.6 is 68.4 Å². The molecule has 200 valence electrons. The van der Waals surface area contributed by atoms with Gasteiger partial charge in [-0.25, -0.2) is 0 Å². The Kier molecular flexibility index (Phi) is 26.0. The monoisotopic (exact) mass is 612 g/mol. The van der Waals surface area contributed by atoms with Crippen LogP contribution in [0.2, 0.25) is 0 Å². The average molecular weight is 613 g/mol. The molecule has 0 aromatic rings. The van der Waals surface area contributed by atoms with Crippen molar-refractivity contribution in [2.75, 3.05) is 36.1 Å². The van der Waals surface area contributed by atoms with E-state index >= 15 is 0 Å². The third-order valence-electron chi connectivity index (χ3n) is 5.58. The average Bonchev–Trinajstić information content (AvgIpc) is 3.52. The van der Waals surface area contributed by atoms with Gasteiger partial charge < -0.3 is 30.4 Å². The number of carboxylic acids is 2. The Bertz CT molecular complexity index is 498. The van der Waals surface area contributed by atoms with Crippen LogP contribution in [-0.4, -0.2) is 93.7 Å². The summed E-state index contributed by atoms with van der Waals surface area (Å²) in [6.07, 6.45) is 12.2. The second-order valence-corrected chi connectivity index (χ2v) is 14.7. The van der Waals surface area contributed by atoms with Crippen LogP contribution in [0.25, 0.3) is 0 Å². The third-order valence-corrected chi connectivity index (χ3v) is 12.3. The molecule has 0 aromatic carbocycles. The predicted octanol–water partition coefficient (Wildman–Crippen LogP) is 2.30. The number of nitrogens with one attached hydrogen (secondary N) is 2. The largest absolute Gasteiger partial charge is 2.00 e. The van der Waals surface area contributed by atoms with Gasteiger partial charge in [0.15, 0.2) is 0 Å². The molecule has 13 heteroatoms. The zero-order valence-electron chi connectivity index (χ0n) is 20.5. The number of hydrogen-bond donors (Lipinski definition) is 4. The molecule has 2 N–H and O–H groups in total. The molecule has 0 aliphatic carbocycles. The predicted molar refractivity (Wildman–Crippen MR) is 161 cm³/mol. The van der Waals surface area contributed by atoms with Gasteiger partial charge in [-0.05, 0) is 51.6 Å². The molecule has 2 aliphatic heterocycles. The van der Waals surface area contributed by atoms with Crippen molar-refractivity contribution in [2.45, 2.75) is 86.8 Å². The van der Waals surface area contributed by atoms with Crippen LogP contribution in [0.3, 0.4) is 0 Å². The number of carboxylic acid groups (broad SMARTS) is 2. The number of hydrogen-bond acceptors (Lipinski definition) is 12. The molecule has 2 fully saturated rings. The topological polar surface area (TPSA) is 104 Å². The van der Waals surface area contributed by atoms with Crippen LogP contribution < -0.4 is 20.8 Å². The molecule has 0 spiro atoms. The first-order chi connectivity index (χ1) is 16.5. The van der Waals surface area contributed by atoms with Crippen molar-refractivity contribution in [3.05, 3.63) is 0 Å². The molecular formula is C22H40MgN2O4S6. The van der Waals surface area contributed by atoms with Crippen LogP contribution in [0.4, 0.5) is 0 Å². The fourth-order valence-electron chi connectivity index (χ4n) is 3.47. The zero-order valence-corrected chi connectivity index (χ0v) is 27.0. The van der Waals surface area contributed by atoms with E-state index in [0.29, 0.717) is 0 Å². The minimum Gasteiger partial charge on any atom is -0.548 e. The molecule has 2 saturated heterocycles. The fraction of sp³-hybridized carbons (Fsp3) is 0.909. The third kappa shape index (κ3) is 19.4. The van der Waals surface area contributed by atoms with Crippen molar-refractivity contribution in [3.63, 3.8) is 0 Å². The van der Waals surface area contributed by atoms with Crippen LogP contribution in [0.15, 0.2) is 0 Å². The fourth-order valence-corrected chi connectivity index (χ4v) is 10.1. The van der Waals surface area contributed by atoms with E-state index in [1.54, 1.807) is 0 Å². The quantitative estimate of drug-likeness (QED) is 0.0798. The van der Waals surface area contributed by atoms with Crippen molar-refractivity contribution in [3.8, 4) is 0 Å². The van der Waals surface area contributed by atoms with Gasteiger partial charge in [0.25, 0.3) is 0 Å². The summed E-state index contributed by atoms with van der Waals surface area (Å²) in [7, 11) is 8.02. The molecule has 2 heterocycles. The molecule has 4 atom stereocenters. The summed E-state index contributed by atoms with van der Waals surface area (Å²) in [5.74, 6) is 1.06. The maximum Gasteiger partial charge on any atom is 2.00 e. The van der Waals surface area contributed by atoms with Gasteiger partial charge in [-0.15, -0.1) is 0 Å². The van der Waals surface area contributed by atoms with Gasteiger partial charge in [0.05, 0.1) is 24.0 Å². The Hall–Kier alpha value is 1.73. The molecular weight excluding hydrogens is 573 g/mol. The Labute approximate surface area is 254 Å². The van der Waals surface area contributed by atoms with Gasteiger partial charge in [0.1, 0.15) is 0 Å². The number of unbranched alkanes of at least 4 members (excludes halogenated alkanes) is 4. The van der Waals surface area contributed by atoms with Crippen LogP contribution in [0.1, 0.15) is 64.2 Å². The van der Waals surface area contributed by atoms with E-state index in [-0.39, 0.29) is 34.6 Å². The summed E-state index contributed by atoms with van der Waals surface area (Å²) < 4.78 is 0. The van der Waals surface area contributed by atoms with Crippen molar-refractivity contribution >= 4 is 103 Å². The van der Waals surface area contributed by atoms with Crippen LogP contribution in [0, 0.1) is 0 Å². The maximum absolute atomic E-state index is 10.6. The van der Waals surface area contributed by atoms with E-state index in [4.69, 9.17) is 0 Å². The molecule has 2 aliphatic rings. The van der Waals surface area contributed by atoms with Crippen molar-refractivity contribution in [1.82, 2.24) is 10.6 Å². The van der Waals surface area contributed by atoms with Gasteiger partial charge >= 0.3 is 23.1 Å². The van der Waals surface area contributed by atoms with Gasteiger partial charge in [0, 0.05) is 33.5 Å². The molecule has 0 radical (unpaired) electrons. The molecule has 0 amide bonds. The van der Waals surface area contributed by atoms with Crippen molar-refractivity contribution < 1.29 is 19.8 Å². The second kappa shape index (κ2) is 24.7. The molecule has 35 heavy (non-hydrogen) atoms. The summed E-state index contributed by atoms with van der Waals surface area (Å²) in [6.45, 7) is 1.48. The van der Waals surface area contributed by atoms with Crippen molar-refractivity contribution in [1.29, 1.82) is 0 Å². The van der Waals surface area contributed by atoms with Crippen LogP contribution in [0.5, 0.6) is 0 Å². The molecule has 0 aromatic heterocycles. The van der Waals surface area contributed by atoms with E-state index in [0.717, 1.165) is 36.4 Å². The Morgan fingerprint density at radius 3 is 1.43 bits per heavy atom.